The summed E-state index contributed by atoms with van der Waals surface area (Å²) in [5.41, 5.74) is 5.23. The number of carbonyl (C=O) groups excluding carboxylic acids is 4. The van der Waals surface area contributed by atoms with E-state index in [0.717, 1.165) is 0 Å². The van der Waals surface area contributed by atoms with Crippen LogP contribution < -0.4 is 15.8 Å². The topological polar surface area (TPSA) is 156 Å². The van der Waals surface area contributed by atoms with Gasteiger partial charge in [0, 0.05) is 13.7 Å². The fraction of sp³-hybridized carbons (Fsp3) is 0.452. The molecule has 0 aliphatic heterocycles. The van der Waals surface area contributed by atoms with Crippen molar-refractivity contribution in [2.75, 3.05) is 20.3 Å². The number of nitrogens with zero attached hydrogens (tertiary/aromatic N) is 1. The van der Waals surface area contributed by atoms with Gasteiger partial charge in [0.05, 0.1) is 11.6 Å². The average Bonchev–Trinajstić information content (AvgIpc) is 3.01. The van der Waals surface area contributed by atoms with Gasteiger partial charge in [-0.25, -0.2) is 4.79 Å². The van der Waals surface area contributed by atoms with Crippen LogP contribution >= 0.6 is 0 Å². The van der Waals surface area contributed by atoms with Gasteiger partial charge in [-0.05, 0) is 56.5 Å². The number of hydrogen-bond acceptors (Lipinski definition) is 9. The van der Waals surface area contributed by atoms with Crippen molar-refractivity contribution in [2.45, 2.75) is 69.8 Å². The van der Waals surface area contributed by atoms with E-state index in [2.05, 4.69) is 15.0 Å². The summed E-state index contributed by atoms with van der Waals surface area (Å²) in [4.78, 5) is 53.4. The lowest BCUT2D eigenvalue weighted by Crippen LogP contribution is -2.52. The molecular formula is C31H35F6N3O8. The minimum atomic E-state index is -5.83. The number of amidine groups is 1. The zero-order valence-electron chi connectivity index (χ0n) is 26.2. The molecule has 1 atom stereocenters. The van der Waals surface area contributed by atoms with E-state index in [9.17, 15) is 45.5 Å². The maximum Gasteiger partial charge on any atom is 0.423 e. The van der Waals surface area contributed by atoms with Crippen LogP contribution in [-0.2, 0) is 35.2 Å². The van der Waals surface area contributed by atoms with Crippen LogP contribution in [0.15, 0.2) is 59.6 Å². The van der Waals surface area contributed by atoms with Crippen LogP contribution in [0.2, 0.25) is 0 Å². The van der Waals surface area contributed by atoms with Crippen LogP contribution in [0.5, 0.6) is 5.75 Å². The maximum absolute atomic E-state index is 12.8. The summed E-state index contributed by atoms with van der Waals surface area (Å²) in [6.07, 6.45) is -16.6. The molecule has 2 rings (SSSR count). The van der Waals surface area contributed by atoms with E-state index in [0.29, 0.717) is 11.1 Å². The van der Waals surface area contributed by atoms with Gasteiger partial charge in [-0.15, -0.1) is 0 Å². The zero-order chi connectivity index (χ0) is 36.1. The van der Waals surface area contributed by atoms with Crippen LogP contribution in [0.4, 0.5) is 26.3 Å². The molecule has 0 aliphatic rings. The molecule has 48 heavy (non-hydrogen) atoms. The van der Waals surface area contributed by atoms with Gasteiger partial charge in [-0.1, -0.05) is 30.3 Å². The lowest BCUT2D eigenvalue weighted by molar-refractivity contribution is -0.319. The minimum Gasteiger partial charge on any atom is -0.460 e. The molecule has 17 heteroatoms. The molecule has 3 N–H and O–H groups in total. The molecule has 0 aromatic heterocycles. The predicted molar refractivity (Wildman–Crippen MR) is 158 cm³/mol. The minimum absolute atomic E-state index is 0.0248. The first kappa shape index (κ1) is 39.7. The summed E-state index contributed by atoms with van der Waals surface area (Å²) >= 11 is 0. The van der Waals surface area contributed by atoms with E-state index in [-0.39, 0.29) is 37.6 Å². The molecule has 1 amide bonds. The molecule has 11 nitrogen and oxygen atoms in total. The number of ether oxygens (including phenoxy) is 4. The highest BCUT2D eigenvalue weighted by atomic mass is 19.4. The molecule has 0 fully saturated rings. The first-order valence-electron chi connectivity index (χ1n) is 14.3. The molecule has 0 bridgehead atoms. The smallest absolute Gasteiger partial charge is 0.423 e. The second-order valence-electron chi connectivity index (χ2n) is 10.7. The number of hydrogen-bond donors (Lipinski definition) is 2. The second kappa shape index (κ2) is 17.6. The monoisotopic (exact) mass is 691 g/mol. The Balaban J connectivity index is 1.89. The highest BCUT2D eigenvalue weighted by Gasteiger charge is 2.58. The summed E-state index contributed by atoms with van der Waals surface area (Å²) < 4.78 is 96.2. The van der Waals surface area contributed by atoms with E-state index in [4.69, 9.17) is 19.9 Å². The molecule has 0 radical (unpaired) electrons. The first-order valence-corrected chi connectivity index (χ1v) is 14.3. The number of carbonyl (C=O) groups is 4. The molecule has 0 unspecified atom stereocenters. The van der Waals surface area contributed by atoms with Crippen molar-refractivity contribution < 1.29 is 64.5 Å². The Hall–Kier alpha value is -4.51. The fourth-order valence-corrected chi connectivity index (χ4v) is 3.71. The zero-order valence-corrected chi connectivity index (χ0v) is 26.2. The number of aliphatic imine (C=N–C) groups is 1. The Labute approximate surface area is 271 Å². The fourth-order valence-electron chi connectivity index (χ4n) is 3.71. The van der Waals surface area contributed by atoms with Crippen molar-refractivity contribution in [2.24, 2.45) is 10.7 Å². The van der Waals surface area contributed by atoms with E-state index in [1.165, 1.54) is 33.1 Å². The number of nitrogens with one attached hydrogen (secondary N) is 1. The number of esters is 2. The van der Waals surface area contributed by atoms with E-state index in [1.807, 2.05) is 0 Å². The van der Waals surface area contributed by atoms with Crippen molar-refractivity contribution in [1.29, 1.82) is 0 Å². The molecule has 0 saturated heterocycles. The predicted octanol–water partition coefficient (Wildman–Crippen LogP) is 4.47. The Kier molecular flexibility index (Phi) is 14.5. The van der Waals surface area contributed by atoms with Crippen LogP contribution in [0.3, 0.4) is 0 Å². The van der Waals surface area contributed by atoms with Crippen molar-refractivity contribution in [1.82, 2.24) is 5.32 Å². The summed E-state index contributed by atoms with van der Waals surface area (Å²) in [7, 11) is 1.18. The lowest BCUT2D eigenvalue weighted by Gasteiger charge is -2.27. The van der Waals surface area contributed by atoms with Crippen LogP contribution in [0.1, 0.15) is 49.0 Å². The molecule has 2 aromatic carbocycles. The van der Waals surface area contributed by atoms with E-state index >= 15 is 0 Å². The van der Waals surface area contributed by atoms with Gasteiger partial charge in [0.2, 0.25) is 6.10 Å². The molecule has 0 aliphatic carbocycles. The van der Waals surface area contributed by atoms with Crippen molar-refractivity contribution >= 4 is 29.5 Å². The number of Topliss-reactive ketones (excluding diaryl/α,β-unsaturated/α-hetero) is 1. The van der Waals surface area contributed by atoms with Crippen LogP contribution in [0.25, 0.3) is 0 Å². The maximum atomic E-state index is 12.8. The van der Waals surface area contributed by atoms with Gasteiger partial charge < -0.3 is 30.0 Å². The SMILES string of the molecule is COC(C)(C)C(=O)N[C@@H](CCCN=C(N)CC(=O)OCc1ccc(OC(=O)c2ccccc2)cc1)C(=O)COC(C(F)(F)F)C(F)(F)F. The van der Waals surface area contributed by atoms with E-state index in [1.54, 1.807) is 42.5 Å². The number of ketones is 1. The number of methoxy groups -OCH3 is 1. The number of halogens is 6. The van der Waals surface area contributed by atoms with Crippen molar-refractivity contribution in [3.8, 4) is 5.75 Å². The Morgan fingerprint density at radius 3 is 2.08 bits per heavy atom. The van der Waals surface area contributed by atoms with Gasteiger partial charge in [-0.2, -0.15) is 26.3 Å². The number of benzene rings is 2. The quantitative estimate of drug-likeness (QED) is 0.0611. The molecule has 2 aromatic rings. The summed E-state index contributed by atoms with van der Waals surface area (Å²) in [6.45, 7) is 0.802. The second-order valence-corrected chi connectivity index (χ2v) is 10.7. The Bertz CT molecular complexity index is 1400. The van der Waals surface area contributed by atoms with E-state index < -0.39 is 66.8 Å². The molecule has 0 heterocycles. The van der Waals surface area contributed by atoms with Gasteiger partial charge in [0.1, 0.15) is 36.8 Å². The summed E-state index contributed by atoms with van der Waals surface area (Å²) in [5, 5.41) is 2.25. The largest absolute Gasteiger partial charge is 0.460 e. The third-order valence-corrected chi connectivity index (χ3v) is 6.57. The van der Waals surface area contributed by atoms with Crippen molar-refractivity contribution in [3.05, 3.63) is 65.7 Å². The number of rotatable bonds is 17. The number of alkyl halides is 6. The van der Waals surface area contributed by atoms with Crippen molar-refractivity contribution in [3.63, 3.8) is 0 Å². The third kappa shape index (κ3) is 13.3. The number of amides is 1. The normalized spacial score (nSPS) is 13.2. The highest BCUT2D eigenvalue weighted by Crippen LogP contribution is 2.35. The van der Waals surface area contributed by atoms with Crippen LogP contribution in [0, 0.1) is 0 Å². The van der Waals surface area contributed by atoms with Crippen LogP contribution in [-0.4, -0.2) is 79.8 Å². The molecular weight excluding hydrogens is 656 g/mol. The van der Waals surface area contributed by atoms with Gasteiger partial charge in [0.25, 0.3) is 5.91 Å². The Morgan fingerprint density at radius 1 is 0.917 bits per heavy atom. The molecule has 264 valence electrons. The average molecular weight is 692 g/mol. The van der Waals surface area contributed by atoms with Gasteiger partial charge >= 0.3 is 24.3 Å². The summed E-state index contributed by atoms with van der Waals surface area (Å²) in [5.74, 6) is -3.27. The van der Waals surface area contributed by atoms with Gasteiger partial charge in [0.15, 0.2) is 5.78 Å². The summed E-state index contributed by atoms with van der Waals surface area (Å²) in [6, 6.07) is 13.0. The molecule has 0 spiro atoms. The first-order chi connectivity index (χ1) is 22.3. The third-order valence-electron chi connectivity index (χ3n) is 6.57. The lowest BCUT2D eigenvalue weighted by atomic mass is 10.0. The number of nitrogens with two attached hydrogens (primary N) is 1. The molecule has 0 saturated carbocycles. The Morgan fingerprint density at radius 2 is 1.52 bits per heavy atom. The van der Waals surface area contributed by atoms with Gasteiger partial charge in [-0.3, -0.25) is 19.4 Å². The highest BCUT2D eigenvalue weighted by molar-refractivity contribution is 5.96. The standard InChI is InChI=1S/C31H35F6N3O8/c1-29(2,45-3)28(44)40-22(23(41)18-47-27(30(32,33)34)31(35,36)37)10-7-15-39-24(38)16-25(42)46-17-19-11-13-21(14-12-19)48-26(43)20-8-5-4-6-9-20/h4-6,8-9,11-14,22,27H,7,10,15-18H2,1-3H3,(H2,38,39)(H,40,44)/t22-/m0/s1.